The molecular weight excluding hydrogens is 988 g/mol. The molecule has 69 heavy (non-hydrogen) atoms. The zero-order valence-corrected chi connectivity index (χ0v) is 43.0. The van der Waals surface area contributed by atoms with Crippen molar-refractivity contribution in [3.63, 3.8) is 0 Å². The summed E-state index contributed by atoms with van der Waals surface area (Å²) in [4.78, 5) is 42.1. The fraction of sp³-hybridized carbons (Fsp3) is 0.160. The van der Waals surface area contributed by atoms with Crippen LogP contribution in [0.15, 0.2) is 120 Å². The zero-order chi connectivity index (χ0) is 48.9. The molecule has 352 valence electrons. The summed E-state index contributed by atoms with van der Waals surface area (Å²) in [7, 11) is 7.91. The maximum absolute atomic E-state index is 12.9. The van der Waals surface area contributed by atoms with Gasteiger partial charge in [0, 0.05) is 79.9 Å². The number of aromatic nitrogens is 6. The molecule has 0 radical (unpaired) electrons. The van der Waals surface area contributed by atoms with Gasteiger partial charge in [0.05, 0.1) is 51.4 Å². The first-order valence-corrected chi connectivity index (χ1v) is 25.4. The smallest absolute Gasteiger partial charge is 0.345 e. The van der Waals surface area contributed by atoms with E-state index in [1.807, 2.05) is 134 Å². The van der Waals surface area contributed by atoms with Crippen LogP contribution in [0, 0.1) is 13.8 Å². The van der Waals surface area contributed by atoms with E-state index < -0.39 is 5.97 Å². The number of halogens is 2. The Labute approximate surface area is 424 Å². The third-order valence-corrected chi connectivity index (χ3v) is 15.4. The first-order valence-electron chi connectivity index (χ1n) is 21.3. The van der Waals surface area contributed by atoms with Crippen LogP contribution in [0.3, 0.4) is 0 Å². The van der Waals surface area contributed by atoms with Gasteiger partial charge in [-0.25, -0.2) is 14.8 Å². The molecule has 0 aliphatic carbocycles. The van der Waals surface area contributed by atoms with Crippen molar-refractivity contribution in [1.29, 1.82) is 0 Å². The molecule has 0 aliphatic rings. The molecule has 0 unspecified atom stereocenters. The van der Waals surface area contributed by atoms with E-state index in [4.69, 9.17) is 39.1 Å². The van der Waals surface area contributed by atoms with Crippen LogP contribution < -0.4 is 20.9 Å². The number of thiophene rings is 2. The number of hydrogen-bond donors (Lipinski definition) is 3. The first-order chi connectivity index (χ1) is 33.1. The van der Waals surface area contributed by atoms with Crippen LogP contribution in [0.2, 0.25) is 10.0 Å². The lowest BCUT2D eigenvalue weighted by Gasteiger charge is -2.16. The van der Waals surface area contributed by atoms with E-state index in [9.17, 15) is 9.59 Å². The second kappa shape index (κ2) is 21.4. The van der Waals surface area contributed by atoms with E-state index in [0.717, 1.165) is 83.6 Å². The number of carboxylic acids is 1. The summed E-state index contributed by atoms with van der Waals surface area (Å²) in [5.41, 5.74) is 17.3. The molecule has 0 bridgehead atoms. The number of rotatable bonds is 11. The van der Waals surface area contributed by atoms with Gasteiger partial charge in [-0.3, -0.25) is 14.2 Å². The molecule has 0 atom stereocenters. The molecule has 0 saturated carbocycles. The lowest BCUT2D eigenvalue weighted by Crippen LogP contribution is -2.18. The molecule has 4 N–H and O–H groups in total. The average Bonchev–Trinajstić information content (AvgIpc) is 4.21. The van der Waals surface area contributed by atoms with Crippen molar-refractivity contribution in [2.75, 3.05) is 34.9 Å². The molecule has 13 nitrogen and oxygen atoms in total. The number of carbonyl (C=O) groups is 2. The number of anilines is 4. The van der Waals surface area contributed by atoms with Crippen molar-refractivity contribution < 1.29 is 14.7 Å². The third kappa shape index (κ3) is 11.5. The lowest BCUT2D eigenvalue weighted by molar-refractivity contribution is 0.0702. The molecule has 0 aliphatic heterocycles. The van der Waals surface area contributed by atoms with Crippen LogP contribution in [0.4, 0.5) is 23.0 Å². The number of nitrogens with two attached hydrogens (primary N) is 1. The van der Waals surface area contributed by atoms with E-state index in [0.29, 0.717) is 26.3 Å². The normalized spacial score (nSPS) is 11.0. The molecule has 6 aromatic heterocycles. The molecular formula is C50H46Cl2N10O3S4. The summed E-state index contributed by atoms with van der Waals surface area (Å²) in [6, 6.07) is 33.9. The van der Waals surface area contributed by atoms with E-state index in [-0.39, 0.29) is 5.91 Å². The Morgan fingerprint density at radius 2 is 1.12 bits per heavy atom. The number of aromatic carboxylic acids is 1. The number of fused-ring (bicyclic) bond motifs is 2. The van der Waals surface area contributed by atoms with Crippen LogP contribution in [0.1, 0.15) is 40.5 Å². The summed E-state index contributed by atoms with van der Waals surface area (Å²) in [6.45, 7) is 5.62. The summed E-state index contributed by atoms with van der Waals surface area (Å²) < 4.78 is 3.71. The Morgan fingerprint density at radius 3 is 1.58 bits per heavy atom. The standard InChI is InChI=1S/C25H22ClN5OS2.C14H17N5S.C11H7ClO2S/c1-15-20(27-14-33-15)13-30(2)24-19-9-8-18(12-21(19)31(3)29-24)28-25(32)23-11-10-22(34-23)16-4-6-17(26)7-5-16;1-9-12(16-8-20-9)7-18(2)14-11-5-4-10(15)6-13(11)19(3)17-14;12-8-3-1-7(2-4-8)9-5-6-10(15-9)11(13)14/h4-12,14H,13H2,1-3H3,(H,28,32);4-6,8H,7,15H2,1-3H3;1-6H,(H,13,14). The van der Waals surface area contributed by atoms with E-state index in [1.54, 1.807) is 46.9 Å². The highest BCUT2D eigenvalue weighted by Crippen LogP contribution is 2.33. The predicted molar refractivity (Wildman–Crippen MR) is 288 cm³/mol. The van der Waals surface area contributed by atoms with Gasteiger partial charge >= 0.3 is 5.97 Å². The molecule has 0 fully saturated rings. The van der Waals surface area contributed by atoms with Crippen molar-refractivity contribution in [2.24, 2.45) is 14.1 Å². The van der Waals surface area contributed by atoms with Crippen LogP contribution in [-0.2, 0) is 27.2 Å². The van der Waals surface area contributed by atoms with Crippen molar-refractivity contribution in [1.82, 2.24) is 29.5 Å². The topological polar surface area (TPSA) is 160 Å². The summed E-state index contributed by atoms with van der Waals surface area (Å²) in [5, 5.41) is 24.6. The van der Waals surface area contributed by atoms with Gasteiger partial charge in [0.1, 0.15) is 4.88 Å². The molecule has 1 amide bonds. The average molecular weight is 1030 g/mol. The number of hydrogen-bond acceptors (Lipinski definition) is 13. The van der Waals surface area contributed by atoms with Crippen LogP contribution >= 0.6 is 68.5 Å². The number of nitrogen functional groups attached to an aromatic ring is 1. The van der Waals surface area contributed by atoms with Gasteiger partial charge in [-0.2, -0.15) is 10.2 Å². The lowest BCUT2D eigenvalue weighted by atomic mass is 10.2. The highest BCUT2D eigenvalue weighted by molar-refractivity contribution is 7.17. The summed E-state index contributed by atoms with van der Waals surface area (Å²) in [6.07, 6.45) is 0. The fourth-order valence-electron chi connectivity index (χ4n) is 7.34. The van der Waals surface area contributed by atoms with Crippen LogP contribution in [0.5, 0.6) is 0 Å². The predicted octanol–water partition coefficient (Wildman–Crippen LogP) is 12.9. The fourth-order valence-corrected chi connectivity index (χ4v) is 10.5. The number of nitrogens with zero attached hydrogens (tertiary/aromatic N) is 8. The highest BCUT2D eigenvalue weighted by Gasteiger charge is 2.18. The minimum atomic E-state index is -0.889. The van der Waals surface area contributed by atoms with Gasteiger partial charge < -0.3 is 26.0 Å². The Hall–Kier alpha value is -6.60. The van der Waals surface area contributed by atoms with E-state index in [1.165, 1.54) is 32.4 Å². The highest BCUT2D eigenvalue weighted by atomic mass is 35.5. The number of carboxylic acid groups (broad SMARTS) is 1. The SMILES string of the molecule is Cc1scnc1CN(C)c1nn(C)c2cc(N)ccc12.Cc1scnc1CN(C)c1nn(C)c2cc(NC(=O)c3ccc(-c4ccc(Cl)cc4)s3)ccc12.O=C(O)c1ccc(-c2ccc(Cl)cc2)s1. The first kappa shape index (κ1) is 48.8. The summed E-state index contributed by atoms with van der Waals surface area (Å²) >= 11 is 17.8. The number of thiazole rings is 2. The third-order valence-electron chi connectivity index (χ3n) is 11.0. The van der Waals surface area contributed by atoms with Crippen molar-refractivity contribution in [3.05, 3.63) is 161 Å². The van der Waals surface area contributed by atoms with Gasteiger partial charge in [-0.1, -0.05) is 47.5 Å². The number of nitrogens with one attached hydrogen (secondary N) is 1. The Bertz CT molecular complexity index is 3410. The minimum Gasteiger partial charge on any atom is -0.477 e. The van der Waals surface area contributed by atoms with Crippen LogP contribution in [-0.4, -0.2) is 60.6 Å². The molecule has 4 aromatic carbocycles. The van der Waals surface area contributed by atoms with Gasteiger partial charge in [0.2, 0.25) is 0 Å². The number of amides is 1. The maximum Gasteiger partial charge on any atom is 0.345 e. The zero-order valence-electron chi connectivity index (χ0n) is 38.3. The van der Waals surface area contributed by atoms with Gasteiger partial charge in [-0.05, 0) is 110 Å². The van der Waals surface area contributed by atoms with Gasteiger partial charge in [0.25, 0.3) is 5.91 Å². The number of aryl methyl sites for hydroxylation is 4. The van der Waals surface area contributed by atoms with Crippen molar-refractivity contribution in [2.45, 2.75) is 26.9 Å². The Morgan fingerprint density at radius 1 is 0.652 bits per heavy atom. The van der Waals surface area contributed by atoms with Gasteiger partial charge in [-0.15, -0.1) is 45.3 Å². The van der Waals surface area contributed by atoms with Crippen molar-refractivity contribution in [3.8, 4) is 20.9 Å². The minimum absolute atomic E-state index is 0.136. The molecule has 10 aromatic rings. The second-order valence-corrected chi connectivity index (χ2v) is 21.1. The molecule has 19 heteroatoms. The van der Waals surface area contributed by atoms with Crippen LogP contribution in [0.25, 0.3) is 42.7 Å². The molecule has 0 saturated heterocycles. The quantitative estimate of drug-likeness (QED) is 0.106. The Balaban J connectivity index is 0.000000155. The van der Waals surface area contributed by atoms with Gasteiger partial charge in [0.15, 0.2) is 11.6 Å². The van der Waals surface area contributed by atoms with E-state index in [2.05, 4.69) is 44.0 Å². The number of benzene rings is 4. The number of carbonyl (C=O) groups excluding carboxylic acids is 1. The van der Waals surface area contributed by atoms with E-state index >= 15 is 0 Å². The molecule has 6 heterocycles. The maximum atomic E-state index is 12.9. The summed E-state index contributed by atoms with van der Waals surface area (Å²) in [5.74, 6) is 0.812. The second-order valence-electron chi connectivity index (χ2n) is 15.9. The monoisotopic (exact) mass is 1030 g/mol. The molecule has 10 rings (SSSR count). The largest absolute Gasteiger partial charge is 0.477 e. The van der Waals surface area contributed by atoms with Crippen molar-refractivity contribution >= 4 is 125 Å². The Kier molecular flexibility index (Phi) is 15.1. The molecule has 0 spiro atoms.